The number of fused-ring (bicyclic) bond motifs is 1. The van der Waals surface area contributed by atoms with Gasteiger partial charge in [0.15, 0.2) is 5.41 Å². The molecule has 3 rings (SSSR count). The molecule has 0 unspecified atom stereocenters. The van der Waals surface area contributed by atoms with E-state index in [1.165, 1.54) is 25.3 Å². The molecule has 0 radical (unpaired) electrons. The van der Waals surface area contributed by atoms with Crippen LogP contribution in [0.5, 0.6) is 5.75 Å². The van der Waals surface area contributed by atoms with Crippen LogP contribution in [0.15, 0.2) is 41.1 Å². The van der Waals surface area contributed by atoms with Gasteiger partial charge in [-0.15, -0.1) is 0 Å². The third-order valence-electron chi connectivity index (χ3n) is 5.82. The number of nitrogens with zero attached hydrogens (tertiary/aromatic N) is 4. The summed E-state index contributed by atoms with van der Waals surface area (Å²) in [5.74, 6) is -1.40. The molecule has 7 heteroatoms. The Morgan fingerprint density at radius 3 is 2.62 bits per heavy atom. The van der Waals surface area contributed by atoms with E-state index in [4.69, 9.17) is 10.5 Å². The maximum Gasteiger partial charge on any atom is 0.191 e. The average Bonchev–Trinajstić information content (AvgIpc) is 2.74. The largest absolute Gasteiger partial charge is 0.497 e. The molecule has 0 saturated carbocycles. The monoisotopic (exact) mass is 391 g/mol. The van der Waals surface area contributed by atoms with Crippen LogP contribution in [0.1, 0.15) is 24.8 Å². The molecule has 0 aromatic heterocycles. The zero-order valence-electron chi connectivity index (χ0n) is 16.4. The zero-order valence-corrected chi connectivity index (χ0v) is 16.4. The molecular formula is C22H22FN5O. The lowest BCUT2D eigenvalue weighted by molar-refractivity contribution is 0.205. The normalized spacial score (nSPS) is 23.2. The lowest BCUT2D eigenvalue weighted by Gasteiger charge is -2.45. The molecule has 2 N–H and O–H groups in total. The number of ether oxygens (including phenoxy) is 1. The van der Waals surface area contributed by atoms with Gasteiger partial charge < -0.3 is 10.5 Å². The molecule has 2 aliphatic rings. The van der Waals surface area contributed by atoms with Gasteiger partial charge in [-0.25, -0.2) is 4.39 Å². The number of nitrogens with two attached hydrogens (primary N) is 1. The number of halogens is 1. The molecule has 1 aromatic rings. The summed E-state index contributed by atoms with van der Waals surface area (Å²) in [5, 5.41) is 29.8. The van der Waals surface area contributed by atoms with Gasteiger partial charge in [0.2, 0.25) is 0 Å². The first-order valence-electron chi connectivity index (χ1n) is 9.46. The van der Waals surface area contributed by atoms with Gasteiger partial charge in [-0.2, -0.15) is 15.8 Å². The molecule has 0 amide bonds. The van der Waals surface area contributed by atoms with E-state index in [1.807, 2.05) is 18.2 Å². The number of hydrogen-bond acceptors (Lipinski definition) is 6. The minimum atomic E-state index is -1.85. The number of nitriles is 3. The SMILES string of the molecule is CCCN1CC=C2C(C#N)=C(N)C(C#N)(C#N)[C@H](c3cc(OC)ccc3F)[C@H]2C1. The number of allylic oxidation sites excluding steroid dienone is 2. The van der Waals surface area contributed by atoms with Gasteiger partial charge in [-0.1, -0.05) is 13.0 Å². The highest BCUT2D eigenvalue weighted by atomic mass is 19.1. The Kier molecular flexibility index (Phi) is 5.59. The van der Waals surface area contributed by atoms with Crippen LogP contribution in [0.25, 0.3) is 0 Å². The maximum absolute atomic E-state index is 15.0. The Morgan fingerprint density at radius 1 is 1.31 bits per heavy atom. The quantitative estimate of drug-likeness (QED) is 0.845. The van der Waals surface area contributed by atoms with E-state index in [0.29, 0.717) is 24.4 Å². The molecule has 0 fully saturated rings. The van der Waals surface area contributed by atoms with Gasteiger partial charge in [0.1, 0.15) is 17.6 Å². The van der Waals surface area contributed by atoms with Crippen molar-refractivity contribution in [2.75, 3.05) is 26.7 Å². The molecular weight excluding hydrogens is 369 g/mol. The predicted molar refractivity (Wildman–Crippen MR) is 104 cm³/mol. The second-order valence-corrected chi connectivity index (χ2v) is 7.32. The van der Waals surface area contributed by atoms with Crippen LogP contribution >= 0.6 is 0 Å². The summed E-state index contributed by atoms with van der Waals surface area (Å²) in [5.41, 5.74) is 5.33. The van der Waals surface area contributed by atoms with Gasteiger partial charge in [-0.3, -0.25) is 4.90 Å². The fourth-order valence-corrected chi connectivity index (χ4v) is 4.47. The standard InChI is InChI=1S/C22H22FN5O/c1-3-7-28-8-6-15-17(10-24)21(27)22(12-25,13-26)20(18(15)11-28)16-9-14(29-2)4-5-19(16)23/h4-6,9,18,20H,3,7-8,11,27H2,1-2H3/t18-,20+/m0/s1. The zero-order chi connectivity index (χ0) is 21.2. The van der Waals surface area contributed by atoms with E-state index >= 15 is 0 Å². The first kappa shape index (κ1) is 20.4. The Labute approximate surface area is 169 Å². The lowest BCUT2D eigenvalue weighted by atomic mass is 9.58. The van der Waals surface area contributed by atoms with Crippen molar-refractivity contribution in [2.45, 2.75) is 19.3 Å². The van der Waals surface area contributed by atoms with Crippen LogP contribution in [0, 0.1) is 51.1 Å². The number of rotatable bonds is 4. The summed E-state index contributed by atoms with van der Waals surface area (Å²) in [6.45, 7) is 4.02. The summed E-state index contributed by atoms with van der Waals surface area (Å²) in [6.07, 6.45) is 2.85. The van der Waals surface area contributed by atoms with E-state index in [9.17, 15) is 20.2 Å². The van der Waals surface area contributed by atoms with Crippen molar-refractivity contribution in [3.8, 4) is 24.0 Å². The molecule has 0 bridgehead atoms. The van der Waals surface area contributed by atoms with Crippen molar-refractivity contribution in [1.82, 2.24) is 4.90 Å². The second kappa shape index (κ2) is 7.95. The average molecular weight is 391 g/mol. The van der Waals surface area contributed by atoms with E-state index in [2.05, 4.69) is 17.9 Å². The third-order valence-corrected chi connectivity index (χ3v) is 5.82. The van der Waals surface area contributed by atoms with Crippen LogP contribution in [0.2, 0.25) is 0 Å². The van der Waals surface area contributed by atoms with Crippen LogP contribution < -0.4 is 10.5 Å². The highest BCUT2D eigenvalue weighted by Crippen LogP contribution is 2.54. The van der Waals surface area contributed by atoms with E-state index < -0.39 is 23.1 Å². The van der Waals surface area contributed by atoms with Gasteiger partial charge in [0, 0.05) is 24.9 Å². The Hall–Kier alpha value is -3.34. The van der Waals surface area contributed by atoms with Crippen LogP contribution in [0.3, 0.4) is 0 Å². The van der Waals surface area contributed by atoms with Crippen molar-refractivity contribution in [1.29, 1.82) is 15.8 Å². The second-order valence-electron chi connectivity index (χ2n) is 7.32. The van der Waals surface area contributed by atoms with E-state index in [1.54, 1.807) is 0 Å². The molecule has 1 heterocycles. The molecule has 0 saturated heterocycles. The van der Waals surface area contributed by atoms with E-state index in [-0.39, 0.29) is 16.8 Å². The summed E-state index contributed by atoms with van der Waals surface area (Å²) in [4.78, 5) is 2.18. The summed E-state index contributed by atoms with van der Waals surface area (Å²) < 4.78 is 20.2. The Morgan fingerprint density at radius 2 is 2.03 bits per heavy atom. The highest BCUT2D eigenvalue weighted by Gasteiger charge is 2.55. The molecule has 6 nitrogen and oxygen atoms in total. The Balaban J connectivity index is 2.32. The minimum absolute atomic E-state index is 0.108. The Bertz CT molecular complexity index is 993. The molecule has 2 atom stereocenters. The highest BCUT2D eigenvalue weighted by molar-refractivity contribution is 5.59. The molecule has 1 aliphatic heterocycles. The van der Waals surface area contributed by atoms with Gasteiger partial charge in [-0.05, 0) is 42.3 Å². The van der Waals surface area contributed by atoms with Crippen LogP contribution in [-0.2, 0) is 0 Å². The maximum atomic E-state index is 15.0. The van der Waals surface area contributed by atoms with Crippen molar-refractivity contribution in [2.24, 2.45) is 17.1 Å². The van der Waals surface area contributed by atoms with Crippen molar-refractivity contribution in [3.05, 3.63) is 52.5 Å². The summed E-state index contributed by atoms with van der Waals surface area (Å²) >= 11 is 0. The lowest BCUT2D eigenvalue weighted by Crippen LogP contribution is -2.48. The molecule has 148 valence electrons. The predicted octanol–water partition coefficient (Wildman–Crippen LogP) is 2.97. The van der Waals surface area contributed by atoms with Crippen molar-refractivity contribution in [3.63, 3.8) is 0 Å². The summed E-state index contributed by atoms with van der Waals surface area (Å²) in [6, 6.07) is 10.4. The first-order chi connectivity index (χ1) is 14.0. The third kappa shape index (κ3) is 3.12. The number of hydrogen-bond donors (Lipinski definition) is 1. The fraction of sp³-hybridized carbons (Fsp3) is 0.409. The molecule has 1 aromatic carbocycles. The van der Waals surface area contributed by atoms with Crippen LogP contribution in [0.4, 0.5) is 4.39 Å². The minimum Gasteiger partial charge on any atom is -0.497 e. The van der Waals surface area contributed by atoms with Gasteiger partial charge in [0.25, 0.3) is 0 Å². The van der Waals surface area contributed by atoms with Crippen molar-refractivity contribution < 1.29 is 9.13 Å². The molecule has 29 heavy (non-hydrogen) atoms. The number of benzene rings is 1. The number of methoxy groups -OCH3 is 1. The fourth-order valence-electron chi connectivity index (χ4n) is 4.47. The van der Waals surface area contributed by atoms with Gasteiger partial charge in [0.05, 0.1) is 30.5 Å². The smallest absolute Gasteiger partial charge is 0.191 e. The van der Waals surface area contributed by atoms with Crippen molar-refractivity contribution >= 4 is 0 Å². The summed E-state index contributed by atoms with van der Waals surface area (Å²) in [7, 11) is 1.47. The van der Waals surface area contributed by atoms with Crippen LogP contribution in [-0.4, -0.2) is 31.6 Å². The van der Waals surface area contributed by atoms with E-state index in [0.717, 1.165) is 13.0 Å². The topological polar surface area (TPSA) is 110 Å². The first-order valence-corrected chi connectivity index (χ1v) is 9.46. The molecule has 0 spiro atoms. The van der Waals surface area contributed by atoms with Gasteiger partial charge >= 0.3 is 0 Å². The molecule has 1 aliphatic carbocycles.